The molecular weight excluding hydrogens is 335 g/mol. The van der Waals surface area contributed by atoms with Crippen LogP contribution in [0.4, 0.5) is 4.39 Å². The lowest BCUT2D eigenvalue weighted by atomic mass is 10.1. The van der Waals surface area contributed by atoms with Crippen molar-refractivity contribution in [3.05, 3.63) is 69.2 Å². The van der Waals surface area contributed by atoms with E-state index in [0.29, 0.717) is 21.2 Å². The van der Waals surface area contributed by atoms with E-state index >= 15 is 0 Å². The number of nitrogens with one attached hydrogen (secondary N) is 1. The average molecular weight is 347 g/mol. The van der Waals surface area contributed by atoms with Gasteiger partial charge in [0.1, 0.15) is 5.82 Å². The Hall–Kier alpha value is -2.31. The van der Waals surface area contributed by atoms with E-state index in [4.69, 9.17) is 23.8 Å². The molecule has 4 nitrogen and oxygen atoms in total. The van der Waals surface area contributed by atoms with Crippen molar-refractivity contribution in [1.29, 1.82) is 0 Å². The van der Waals surface area contributed by atoms with Crippen molar-refractivity contribution in [2.75, 3.05) is 0 Å². The van der Waals surface area contributed by atoms with Crippen LogP contribution in [0.5, 0.6) is 0 Å². The zero-order chi connectivity index (χ0) is 16.4. The van der Waals surface area contributed by atoms with Crippen molar-refractivity contribution >= 4 is 30.0 Å². The van der Waals surface area contributed by atoms with Crippen LogP contribution in [0.15, 0.2) is 47.6 Å². The van der Waals surface area contributed by atoms with Crippen molar-refractivity contribution in [2.24, 2.45) is 5.10 Å². The first-order chi connectivity index (χ1) is 11.0. The summed E-state index contributed by atoms with van der Waals surface area (Å²) < 4.78 is 15.1. The molecule has 0 atom stereocenters. The van der Waals surface area contributed by atoms with Crippen LogP contribution < -0.4 is 0 Å². The third-order valence-electron chi connectivity index (χ3n) is 3.25. The van der Waals surface area contributed by atoms with Crippen molar-refractivity contribution in [1.82, 2.24) is 14.9 Å². The fourth-order valence-electron chi connectivity index (χ4n) is 2.16. The highest BCUT2D eigenvalue weighted by Gasteiger charge is 2.11. The van der Waals surface area contributed by atoms with Gasteiger partial charge in [-0.15, -0.1) is 0 Å². The second kappa shape index (κ2) is 6.44. The first kappa shape index (κ1) is 15.6. The molecule has 0 fully saturated rings. The van der Waals surface area contributed by atoms with Gasteiger partial charge < -0.3 is 0 Å². The maximum Gasteiger partial charge on any atom is 0.216 e. The molecule has 0 aliphatic carbocycles. The first-order valence-electron chi connectivity index (χ1n) is 6.78. The molecule has 23 heavy (non-hydrogen) atoms. The van der Waals surface area contributed by atoms with Crippen LogP contribution in [0, 0.1) is 17.5 Å². The quantitative estimate of drug-likeness (QED) is 0.557. The number of hydrogen-bond donors (Lipinski definition) is 1. The van der Waals surface area contributed by atoms with Crippen LogP contribution in [-0.4, -0.2) is 21.1 Å². The number of aromatic amines is 1. The van der Waals surface area contributed by atoms with Crippen LogP contribution in [-0.2, 0) is 0 Å². The monoisotopic (exact) mass is 346 g/mol. The predicted octanol–water partition coefficient (Wildman–Crippen LogP) is 4.59. The fraction of sp³-hybridized carbons (Fsp3) is 0.0625. The molecule has 2 aromatic carbocycles. The molecule has 0 bridgehead atoms. The SMILES string of the molecule is Cc1cc(Cl)ccc1-c1n[nH]c(=S)n1/N=C/c1cccc(F)c1. The molecule has 0 spiro atoms. The Labute approximate surface area is 142 Å². The van der Waals surface area contributed by atoms with Gasteiger partial charge in [0, 0.05) is 10.6 Å². The van der Waals surface area contributed by atoms with Gasteiger partial charge in [-0.05, 0) is 60.6 Å². The van der Waals surface area contributed by atoms with Crippen molar-refractivity contribution < 1.29 is 4.39 Å². The minimum atomic E-state index is -0.321. The van der Waals surface area contributed by atoms with Gasteiger partial charge in [-0.1, -0.05) is 23.7 Å². The smallest absolute Gasteiger partial charge is 0.216 e. The van der Waals surface area contributed by atoms with Crippen LogP contribution in [0.25, 0.3) is 11.4 Å². The van der Waals surface area contributed by atoms with Gasteiger partial charge in [0.05, 0.1) is 6.21 Å². The Kier molecular flexibility index (Phi) is 4.36. The van der Waals surface area contributed by atoms with Gasteiger partial charge in [0.2, 0.25) is 4.77 Å². The number of H-pyrrole nitrogens is 1. The summed E-state index contributed by atoms with van der Waals surface area (Å²) in [5.74, 6) is 0.246. The lowest BCUT2D eigenvalue weighted by Gasteiger charge is -2.05. The van der Waals surface area contributed by atoms with E-state index in [9.17, 15) is 4.39 Å². The third-order valence-corrected chi connectivity index (χ3v) is 3.75. The number of nitrogens with zero attached hydrogens (tertiary/aromatic N) is 3. The summed E-state index contributed by atoms with van der Waals surface area (Å²) in [6, 6.07) is 11.6. The molecule has 0 aliphatic rings. The predicted molar refractivity (Wildman–Crippen MR) is 92.0 cm³/mol. The van der Waals surface area contributed by atoms with Gasteiger partial charge in [-0.2, -0.15) is 14.9 Å². The van der Waals surface area contributed by atoms with Crippen molar-refractivity contribution in [2.45, 2.75) is 6.92 Å². The van der Waals surface area contributed by atoms with Crippen LogP contribution in [0.2, 0.25) is 5.02 Å². The molecule has 7 heteroatoms. The van der Waals surface area contributed by atoms with Crippen LogP contribution >= 0.6 is 23.8 Å². The molecule has 0 unspecified atom stereocenters. The summed E-state index contributed by atoms with van der Waals surface area (Å²) >= 11 is 11.2. The lowest BCUT2D eigenvalue weighted by Crippen LogP contribution is -1.96. The minimum Gasteiger partial charge on any atom is -0.250 e. The van der Waals surface area contributed by atoms with Crippen LogP contribution in [0.1, 0.15) is 11.1 Å². The molecule has 0 radical (unpaired) electrons. The Morgan fingerprint density at radius 3 is 2.87 bits per heavy atom. The summed E-state index contributed by atoms with van der Waals surface area (Å²) in [6.45, 7) is 1.93. The molecule has 0 saturated heterocycles. The molecule has 3 rings (SSSR count). The van der Waals surface area contributed by atoms with E-state index in [-0.39, 0.29) is 5.82 Å². The molecule has 0 aliphatic heterocycles. The van der Waals surface area contributed by atoms with Gasteiger partial charge in [-0.25, -0.2) is 9.49 Å². The van der Waals surface area contributed by atoms with E-state index in [0.717, 1.165) is 11.1 Å². The van der Waals surface area contributed by atoms with Gasteiger partial charge in [0.25, 0.3) is 0 Å². The topological polar surface area (TPSA) is 46.0 Å². The number of benzene rings is 2. The maximum absolute atomic E-state index is 13.2. The summed E-state index contributed by atoms with van der Waals surface area (Å²) in [5, 5.41) is 11.9. The normalized spacial score (nSPS) is 11.3. The van der Waals surface area contributed by atoms with E-state index in [1.165, 1.54) is 23.0 Å². The highest BCUT2D eigenvalue weighted by molar-refractivity contribution is 7.71. The number of rotatable bonds is 3. The number of halogens is 2. The van der Waals surface area contributed by atoms with Gasteiger partial charge in [-0.3, -0.25) is 0 Å². The van der Waals surface area contributed by atoms with Crippen molar-refractivity contribution in [3.8, 4) is 11.4 Å². The maximum atomic E-state index is 13.2. The van der Waals surface area contributed by atoms with Gasteiger partial charge >= 0.3 is 0 Å². The third kappa shape index (κ3) is 3.38. The zero-order valence-corrected chi connectivity index (χ0v) is 13.7. The number of hydrogen-bond acceptors (Lipinski definition) is 3. The molecule has 1 heterocycles. The summed E-state index contributed by atoms with van der Waals surface area (Å²) in [7, 11) is 0. The summed E-state index contributed by atoms with van der Waals surface area (Å²) in [6.07, 6.45) is 1.53. The molecule has 1 N–H and O–H groups in total. The second-order valence-corrected chi connectivity index (χ2v) is 5.75. The summed E-state index contributed by atoms with van der Waals surface area (Å²) in [4.78, 5) is 0. The highest BCUT2D eigenvalue weighted by Crippen LogP contribution is 2.24. The Bertz CT molecular complexity index is 945. The Morgan fingerprint density at radius 1 is 1.30 bits per heavy atom. The van der Waals surface area contributed by atoms with E-state index in [2.05, 4.69) is 15.3 Å². The zero-order valence-electron chi connectivity index (χ0n) is 12.1. The second-order valence-electron chi connectivity index (χ2n) is 4.92. The standard InChI is InChI=1S/C16H12ClFN4S/c1-10-7-12(17)5-6-14(10)15-20-21-16(23)22(15)19-9-11-3-2-4-13(18)8-11/h2-9H,1H3,(H,21,23)/b19-9+. The minimum absolute atomic E-state index is 0.321. The fourth-order valence-corrected chi connectivity index (χ4v) is 2.57. The van der Waals surface area contributed by atoms with E-state index < -0.39 is 0 Å². The average Bonchev–Trinajstić information content (AvgIpc) is 2.86. The lowest BCUT2D eigenvalue weighted by molar-refractivity contribution is 0.627. The molecule has 3 aromatic rings. The van der Waals surface area contributed by atoms with E-state index in [1.54, 1.807) is 18.2 Å². The Balaban J connectivity index is 2.04. The van der Waals surface area contributed by atoms with Crippen molar-refractivity contribution in [3.63, 3.8) is 0 Å². The Morgan fingerprint density at radius 2 is 2.13 bits per heavy atom. The first-order valence-corrected chi connectivity index (χ1v) is 7.57. The molecule has 116 valence electrons. The molecular formula is C16H12ClFN4S. The van der Waals surface area contributed by atoms with E-state index in [1.807, 2.05) is 19.1 Å². The number of aromatic nitrogens is 3. The van der Waals surface area contributed by atoms with Crippen LogP contribution in [0.3, 0.4) is 0 Å². The molecule has 0 saturated carbocycles. The number of aryl methyl sites for hydroxylation is 1. The largest absolute Gasteiger partial charge is 0.250 e. The van der Waals surface area contributed by atoms with Gasteiger partial charge in [0.15, 0.2) is 5.82 Å². The highest BCUT2D eigenvalue weighted by atomic mass is 35.5. The molecule has 0 amide bonds. The summed E-state index contributed by atoms with van der Waals surface area (Å²) in [5.41, 5.74) is 2.44. The molecule has 1 aromatic heterocycles.